The van der Waals surface area contributed by atoms with E-state index in [1.165, 1.54) is 0 Å². The van der Waals surface area contributed by atoms with Crippen molar-refractivity contribution in [3.63, 3.8) is 0 Å². The first-order valence-electron chi connectivity index (χ1n) is 3.91. The number of halogens is 1. The first-order valence-corrected chi connectivity index (χ1v) is 4.29. The van der Waals surface area contributed by atoms with Gasteiger partial charge in [-0.05, 0) is 12.5 Å². The summed E-state index contributed by atoms with van der Waals surface area (Å²) in [7, 11) is 1.76. The molecule has 2 aromatic heterocycles. The summed E-state index contributed by atoms with van der Waals surface area (Å²) in [4.78, 5) is 11.3. The lowest BCUT2D eigenvalue weighted by molar-refractivity contribution is 1.18. The summed E-state index contributed by atoms with van der Waals surface area (Å²) in [5.41, 5.74) is 1.82. The molecule has 0 aliphatic carbocycles. The monoisotopic (exact) mass is 196 g/mol. The molecule has 0 aromatic carbocycles. The van der Waals surface area contributed by atoms with Gasteiger partial charge in [-0.25, -0.2) is 4.98 Å². The highest BCUT2D eigenvalue weighted by Crippen LogP contribution is 2.24. The molecule has 0 aliphatic heterocycles. The van der Waals surface area contributed by atoms with Gasteiger partial charge in [-0.15, -0.1) is 0 Å². The lowest BCUT2D eigenvalue weighted by atomic mass is 10.3. The first kappa shape index (κ1) is 8.31. The number of aromatic amines is 1. The SMILES string of the molecule is CNc1nc(Cl)c2c(C)c[nH]c2n1. The highest BCUT2D eigenvalue weighted by molar-refractivity contribution is 6.34. The molecule has 0 saturated heterocycles. The Labute approximate surface area is 80.3 Å². The number of H-pyrrole nitrogens is 1. The second-order valence-electron chi connectivity index (χ2n) is 2.78. The van der Waals surface area contributed by atoms with Crippen LogP contribution in [0.2, 0.25) is 5.15 Å². The summed E-state index contributed by atoms with van der Waals surface area (Å²) in [6.45, 7) is 1.97. The maximum Gasteiger partial charge on any atom is 0.225 e. The lowest BCUT2D eigenvalue weighted by Crippen LogP contribution is -1.96. The van der Waals surface area contributed by atoms with Gasteiger partial charge in [0.05, 0.1) is 5.39 Å². The van der Waals surface area contributed by atoms with Crippen molar-refractivity contribution < 1.29 is 0 Å². The molecule has 0 fully saturated rings. The highest BCUT2D eigenvalue weighted by atomic mass is 35.5. The van der Waals surface area contributed by atoms with Gasteiger partial charge in [0.1, 0.15) is 10.8 Å². The molecule has 0 aliphatic rings. The van der Waals surface area contributed by atoms with Crippen LogP contribution in [0.4, 0.5) is 5.95 Å². The number of aryl methyl sites for hydroxylation is 1. The van der Waals surface area contributed by atoms with Crippen LogP contribution < -0.4 is 5.32 Å². The number of nitrogens with one attached hydrogen (secondary N) is 2. The molecule has 0 saturated carbocycles. The van der Waals surface area contributed by atoms with E-state index in [1.807, 2.05) is 13.1 Å². The Kier molecular flexibility index (Phi) is 1.84. The first-order chi connectivity index (χ1) is 6.22. The van der Waals surface area contributed by atoms with Crippen molar-refractivity contribution in [2.75, 3.05) is 12.4 Å². The molecule has 2 N–H and O–H groups in total. The number of fused-ring (bicyclic) bond motifs is 1. The van der Waals surface area contributed by atoms with Crippen molar-refractivity contribution >= 4 is 28.6 Å². The average molecular weight is 197 g/mol. The van der Waals surface area contributed by atoms with E-state index >= 15 is 0 Å². The number of hydrogen-bond donors (Lipinski definition) is 2. The molecular weight excluding hydrogens is 188 g/mol. The van der Waals surface area contributed by atoms with Crippen LogP contribution in [0.15, 0.2) is 6.20 Å². The predicted octanol–water partition coefficient (Wildman–Crippen LogP) is 1.96. The number of aromatic nitrogens is 3. The average Bonchev–Trinajstić information content (AvgIpc) is 2.48. The maximum atomic E-state index is 5.98. The Balaban J connectivity index is 2.79. The van der Waals surface area contributed by atoms with Gasteiger partial charge < -0.3 is 10.3 Å². The fourth-order valence-electron chi connectivity index (χ4n) is 1.25. The quantitative estimate of drug-likeness (QED) is 0.686. The Hall–Kier alpha value is -1.29. The van der Waals surface area contributed by atoms with E-state index in [0.717, 1.165) is 16.6 Å². The van der Waals surface area contributed by atoms with E-state index in [9.17, 15) is 0 Å². The zero-order valence-corrected chi connectivity index (χ0v) is 8.11. The van der Waals surface area contributed by atoms with Crippen LogP contribution in [0.3, 0.4) is 0 Å². The molecule has 4 nitrogen and oxygen atoms in total. The molecule has 0 radical (unpaired) electrons. The van der Waals surface area contributed by atoms with Gasteiger partial charge in [-0.1, -0.05) is 11.6 Å². The van der Waals surface area contributed by atoms with Gasteiger partial charge >= 0.3 is 0 Å². The Morgan fingerprint density at radius 2 is 2.23 bits per heavy atom. The molecule has 13 heavy (non-hydrogen) atoms. The third-order valence-corrected chi connectivity index (χ3v) is 2.18. The zero-order chi connectivity index (χ0) is 9.42. The minimum Gasteiger partial charge on any atom is -0.357 e. The van der Waals surface area contributed by atoms with E-state index in [0.29, 0.717) is 11.1 Å². The van der Waals surface area contributed by atoms with Gasteiger partial charge in [0.25, 0.3) is 0 Å². The molecule has 0 bridgehead atoms. The minimum absolute atomic E-state index is 0.480. The second-order valence-corrected chi connectivity index (χ2v) is 3.14. The van der Waals surface area contributed by atoms with Crippen LogP contribution in [-0.4, -0.2) is 22.0 Å². The van der Waals surface area contributed by atoms with E-state index < -0.39 is 0 Å². The molecule has 0 amide bonds. The number of anilines is 1. The van der Waals surface area contributed by atoms with Crippen LogP contribution in [-0.2, 0) is 0 Å². The van der Waals surface area contributed by atoms with Gasteiger partial charge in [0.2, 0.25) is 5.95 Å². The molecule has 2 heterocycles. The van der Waals surface area contributed by atoms with E-state index in [2.05, 4.69) is 20.3 Å². The number of nitrogens with zero attached hydrogens (tertiary/aromatic N) is 2. The summed E-state index contributed by atoms with van der Waals surface area (Å²) in [5.74, 6) is 0.527. The van der Waals surface area contributed by atoms with Crippen LogP contribution >= 0.6 is 11.6 Å². The van der Waals surface area contributed by atoms with Crippen LogP contribution in [0.5, 0.6) is 0 Å². The minimum atomic E-state index is 0.480. The maximum absolute atomic E-state index is 5.98. The fourth-order valence-corrected chi connectivity index (χ4v) is 1.57. The Bertz CT molecular complexity index is 449. The van der Waals surface area contributed by atoms with Crippen molar-refractivity contribution in [2.45, 2.75) is 6.92 Å². The third kappa shape index (κ3) is 1.23. The van der Waals surface area contributed by atoms with Gasteiger partial charge in [0.15, 0.2) is 0 Å². The highest BCUT2D eigenvalue weighted by Gasteiger charge is 2.08. The summed E-state index contributed by atoms with van der Waals surface area (Å²) in [6.07, 6.45) is 1.87. The summed E-state index contributed by atoms with van der Waals surface area (Å²) < 4.78 is 0. The summed E-state index contributed by atoms with van der Waals surface area (Å²) in [6, 6.07) is 0. The Morgan fingerprint density at radius 3 is 2.92 bits per heavy atom. The molecule has 5 heteroatoms. The smallest absolute Gasteiger partial charge is 0.225 e. The van der Waals surface area contributed by atoms with E-state index in [1.54, 1.807) is 7.05 Å². The summed E-state index contributed by atoms with van der Waals surface area (Å²) in [5, 5.41) is 4.21. The molecular formula is C8H9ClN4. The van der Waals surface area contributed by atoms with Gasteiger partial charge in [-0.2, -0.15) is 4.98 Å². The Morgan fingerprint density at radius 1 is 1.46 bits per heavy atom. The van der Waals surface area contributed by atoms with E-state index in [4.69, 9.17) is 11.6 Å². The fraction of sp³-hybridized carbons (Fsp3) is 0.250. The normalized spacial score (nSPS) is 10.7. The third-order valence-electron chi connectivity index (χ3n) is 1.91. The largest absolute Gasteiger partial charge is 0.357 e. The van der Waals surface area contributed by atoms with Crippen molar-refractivity contribution in [1.82, 2.24) is 15.0 Å². The molecule has 0 unspecified atom stereocenters. The van der Waals surface area contributed by atoms with E-state index in [-0.39, 0.29) is 0 Å². The number of hydrogen-bond acceptors (Lipinski definition) is 3. The van der Waals surface area contributed by atoms with Crippen molar-refractivity contribution in [2.24, 2.45) is 0 Å². The second kappa shape index (κ2) is 2.88. The van der Waals surface area contributed by atoms with Crippen molar-refractivity contribution in [3.8, 4) is 0 Å². The van der Waals surface area contributed by atoms with Crippen LogP contribution in [0.25, 0.3) is 11.0 Å². The van der Waals surface area contributed by atoms with Crippen molar-refractivity contribution in [1.29, 1.82) is 0 Å². The predicted molar refractivity (Wildman–Crippen MR) is 53.2 cm³/mol. The molecule has 68 valence electrons. The van der Waals surface area contributed by atoms with Crippen molar-refractivity contribution in [3.05, 3.63) is 16.9 Å². The number of rotatable bonds is 1. The summed E-state index contributed by atoms with van der Waals surface area (Å²) >= 11 is 5.98. The topological polar surface area (TPSA) is 53.6 Å². The molecule has 0 spiro atoms. The van der Waals surface area contributed by atoms with Crippen LogP contribution in [0.1, 0.15) is 5.56 Å². The molecule has 0 atom stereocenters. The van der Waals surface area contributed by atoms with Gasteiger partial charge in [0, 0.05) is 13.2 Å². The van der Waals surface area contributed by atoms with Gasteiger partial charge in [-0.3, -0.25) is 0 Å². The standard InChI is InChI=1S/C8H9ClN4/c1-4-3-11-7-5(4)6(9)12-8(10-2)13-7/h3H,1-2H3,(H2,10,11,12,13). The van der Waals surface area contributed by atoms with Crippen LogP contribution in [0, 0.1) is 6.92 Å². The zero-order valence-electron chi connectivity index (χ0n) is 7.35. The molecule has 2 aromatic rings. The lowest BCUT2D eigenvalue weighted by Gasteiger charge is -1.99. The molecule has 2 rings (SSSR count).